The fourth-order valence-corrected chi connectivity index (χ4v) is 6.69. The van der Waals surface area contributed by atoms with Crippen molar-refractivity contribution in [1.29, 1.82) is 0 Å². The predicted molar refractivity (Wildman–Crippen MR) is 174 cm³/mol. The van der Waals surface area contributed by atoms with Gasteiger partial charge in [-0.25, -0.2) is 12.8 Å². The number of amides is 2. The number of nitrogens with one attached hydrogen (secondary N) is 1. The zero-order valence-corrected chi connectivity index (χ0v) is 27.2. The smallest absolute Gasteiger partial charge is 0.264 e. The number of anilines is 1. The van der Waals surface area contributed by atoms with Gasteiger partial charge < -0.3 is 10.2 Å². The van der Waals surface area contributed by atoms with Crippen molar-refractivity contribution in [2.45, 2.75) is 37.2 Å². The summed E-state index contributed by atoms with van der Waals surface area (Å²) in [6.45, 7) is 1.70. The maximum absolute atomic E-state index is 14.4. The summed E-state index contributed by atoms with van der Waals surface area (Å²) in [5.41, 5.74) is 1.57. The average Bonchev–Trinajstić information content (AvgIpc) is 3.02. The largest absolute Gasteiger partial charge is 0.354 e. The number of sulfonamides is 1. The Morgan fingerprint density at radius 3 is 2.20 bits per heavy atom. The first kappa shape index (κ1) is 33.2. The monoisotopic (exact) mass is 699 g/mol. The lowest BCUT2D eigenvalue weighted by molar-refractivity contribution is -0.140. The third kappa shape index (κ3) is 8.46. The van der Waals surface area contributed by atoms with Gasteiger partial charge in [0, 0.05) is 24.0 Å². The van der Waals surface area contributed by atoms with Gasteiger partial charge in [-0.05, 0) is 60.0 Å². The Hall–Kier alpha value is -3.73. The lowest BCUT2D eigenvalue weighted by atomic mass is 10.0. The summed E-state index contributed by atoms with van der Waals surface area (Å²) in [6.07, 6.45) is 0.891. The van der Waals surface area contributed by atoms with Crippen molar-refractivity contribution in [1.82, 2.24) is 10.2 Å². The molecule has 11 heteroatoms. The van der Waals surface area contributed by atoms with Crippen LogP contribution < -0.4 is 9.62 Å². The van der Waals surface area contributed by atoms with E-state index in [1.165, 1.54) is 29.2 Å². The van der Waals surface area contributed by atoms with Crippen molar-refractivity contribution in [3.63, 3.8) is 0 Å². The van der Waals surface area contributed by atoms with E-state index in [0.29, 0.717) is 13.0 Å². The van der Waals surface area contributed by atoms with Crippen LogP contribution in [0.25, 0.3) is 0 Å². The molecular formula is C33H32BrClFN3O4S. The first-order chi connectivity index (χ1) is 21.1. The normalized spacial score (nSPS) is 11.9. The summed E-state index contributed by atoms with van der Waals surface area (Å²) in [5.74, 6) is -1.72. The molecule has 0 unspecified atom stereocenters. The van der Waals surface area contributed by atoms with Crippen LogP contribution in [0.5, 0.6) is 0 Å². The van der Waals surface area contributed by atoms with Gasteiger partial charge in [0.2, 0.25) is 11.8 Å². The molecule has 0 saturated carbocycles. The highest BCUT2D eigenvalue weighted by atomic mass is 79.9. The van der Waals surface area contributed by atoms with Crippen molar-refractivity contribution in [2.75, 3.05) is 17.4 Å². The molecule has 0 bridgehead atoms. The van der Waals surface area contributed by atoms with Crippen LogP contribution in [0.2, 0.25) is 5.02 Å². The number of hydrogen-bond acceptors (Lipinski definition) is 4. The van der Waals surface area contributed by atoms with E-state index in [0.717, 1.165) is 26.0 Å². The highest BCUT2D eigenvalue weighted by Crippen LogP contribution is 2.28. The standard InChI is InChI=1S/C33H32BrClFN3O4S/c1-2-18-37-33(41)31(20-24-10-5-3-6-11-24)38(22-25-12-9-13-26(34)19-25)32(40)23-39(27-16-17-30(36)29(35)21-27)44(42,43)28-14-7-4-8-15-28/h3-17,19,21,31H,2,18,20,22-23H2,1H3,(H,37,41)/t31-/m1/s1. The van der Waals surface area contributed by atoms with E-state index < -0.39 is 34.3 Å². The number of carbonyl (C=O) groups excluding carboxylic acids is 2. The van der Waals surface area contributed by atoms with Crippen LogP contribution in [0.15, 0.2) is 112 Å². The van der Waals surface area contributed by atoms with Crippen molar-refractivity contribution in [2.24, 2.45) is 0 Å². The molecule has 230 valence electrons. The van der Waals surface area contributed by atoms with E-state index in [2.05, 4.69) is 21.2 Å². The molecule has 0 heterocycles. The molecule has 0 aliphatic carbocycles. The van der Waals surface area contributed by atoms with E-state index in [1.807, 2.05) is 61.5 Å². The molecule has 0 saturated heterocycles. The third-order valence-electron chi connectivity index (χ3n) is 6.86. The van der Waals surface area contributed by atoms with E-state index in [1.54, 1.807) is 18.2 Å². The summed E-state index contributed by atoms with van der Waals surface area (Å²) >= 11 is 9.52. The van der Waals surface area contributed by atoms with Gasteiger partial charge in [0.1, 0.15) is 18.4 Å². The Morgan fingerprint density at radius 2 is 1.57 bits per heavy atom. The average molecular weight is 701 g/mol. The van der Waals surface area contributed by atoms with Crippen molar-refractivity contribution >= 4 is 55.1 Å². The molecule has 0 aliphatic heterocycles. The Kier molecular flexibility index (Phi) is 11.5. The van der Waals surface area contributed by atoms with Crippen molar-refractivity contribution in [3.05, 3.63) is 130 Å². The van der Waals surface area contributed by atoms with Gasteiger partial charge >= 0.3 is 0 Å². The first-order valence-electron chi connectivity index (χ1n) is 14.0. The summed E-state index contributed by atoms with van der Waals surface area (Å²) in [4.78, 5) is 29.4. The molecule has 0 fully saturated rings. The topological polar surface area (TPSA) is 86.8 Å². The molecule has 0 radical (unpaired) electrons. The van der Waals surface area contributed by atoms with E-state index in [9.17, 15) is 22.4 Å². The lowest BCUT2D eigenvalue weighted by Gasteiger charge is -2.34. The molecule has 0 spiro atoms. The second-order valence-electron chi connectivity index (χ2n) is 10.1. The fourth-order valence-electron chi connectivity index (χ4n) is 4.64. The van der Waals surface area contributed by atoms with Gasteiger partial charge in [-0.2, -0.15) is 0 Å². The lowest BCUT2D eigenvalue weighted by Crippen LogP contribution is -2.53. The second kappa shape index (κ2) is 15.3. The van der Waals surface area contributed by atoms with Crippen LogP contribution in [-0.2, 0) is 32.6 Å². The van der Waals surface area contributed by atoms with Crippen molar-refractivity contribution in [3.8, 4) is 0 Å². The van der Waals surface area contributed by atoms with Gasteiger partial charge in [0.05, 0.1) is 15.6 Å². The molecule has 4 aromatic carbocycles. The Labute approximate surface area is 270 Å². The van der Waals surface area contributed by atoms with Gasteiger partial charge in [-0.3, -0.25) is 13.9 Å². The van der Waals surface area contributed by atoms with Crippen LogP contribution in [0.1, 0.15) is 24.5 Å². The molecule has 4 rings (SSSR count). The molecule has 0 aromatic heterocycles. The SMILES string of the molecule is CCCNC(=O)[C@@H](Cc1ccccc1)N(Cc1cccc(Br)c1)C(=O)CN(c1ccc(F)c(Cl)c1)S(=O)(=O)c1ccccc1. The van der Waals surface area contributed by atoms with Crippen LogP contribution in [-0.4, -0.2) is 44.3 Å². The Bertz CT molecular complexity index is 1690. The molecule has 44 heavy (non-hydrogen) atoms. The number of carbonyl (C=O) groups is 2. The Balaban J connectivity index is 1.81. The number of benzene rings is 4. The maximum atomic E-state index is 14.4. The van der Waals surface area contributed by atoms with E-state index in [4.69, 9.17) is 11.6 Å². The minimum atomic E-state index is -4.31. The summed E-state index contributed by atoms with van der Waals surface area (Å²) in [5, 5.41) is 2.61. The van der Waals surface area contributed by atoms with Gasteiger partial charge in [0.25, 0.3) is 10.0 Å². The zero-order valence-electron chi connectivity index (χ0n) is 24.0. The molecule has 2 amide bonds. The van der Waals surface area contributed by atoms with E-state index >= 15 is 0 Å². The second-order valence-corrected chi connectivity index (χ2v) is 13.3. The predicted octanol–water partition coefficient (Wildman–Crippen LogP) is 6.60. The zero-order chi connectivity index (χ0) is 31.7. The number of hydrogen-bond donors (Lipinski definition) is 1. The van der Waals surface area contributed by atoms with E-state index in [-0.39, 0.29) is 34.5 Å². The van der Waals surface area contributed by atoms with Crippen LogP contribution in [0.3, 0.4) is 0 Å². The quantitative estimate of drug-likeness (QED) is 0.170. The molecule has 1 N–H and O–H groups in total. The number of nitrogens with zero attached hydrogens (tertiary/aromatic N) is 2. The van der Waals surface area contributed by atoms with Crippen LogP contribution >= 0.6 is 27.5 Å². The summed E-state index contributed by atoms with van der Waals surface area (Å²) in [6, 6.07) is 26.8. The molecule has 7 nitrogen and oxygen atoms in total. The van der Waals surface area contributed by atoms with Gasteiger partial charge in [0.15, 0.2) is 0 Å². The Morgan fingerprint density at radius 1 is 0.909 bits per heavy atom. The minimum Gasteiger partial charge on any atom is -0.354 e. The number of rotatable bonds is 13. The van der Waals surface area contributed by atoms with Crippen molar-refractivity contribution < 1.29 is 22.4 Å². The van der Waals surface area contributed by atoms with Crippen LogP contribution in [0, 0.1) is 5.82 Å². The highest BCUT2D eigenvalue weighted by molar-refractivity contribution is 9.10. The molecule has 0 aliphatic rings. The van der Waals surface area contributed by atoms with Crippen LogP contribution in [0.4, 0.5) is 10.1 Å². The summed E-state index contributed by atoms with van der Waals surface area (Å²) < 4.78 is 43.7. The molecule has 1 atom stereocenters. The number of halogens is 3. The highest BCUT2D eigenvalue weighted by Gasteiger charge is 2.34. The fraction of sp³-hybridized carbons (Fsp3) is 0.212. The first-order valence-corrected chi connectivity index (χ1v) is 16.6. The molecular weight excluding hydrogens is 669 g/mol. The minimum absolute atomic E-state index is 0.00560. The molecule has 4 aromatic rings. The van der Waals surface area contributed by atoms with Gasteiger partial charge in [-0.1, -0.05) is 95.1 Å². The third-order valence-corrected chi connectivity index (χ3v) is 9.43. The maximum Gasteiger partial charge on any atom is 0.264 e. The van der Waals surface area contributed by atoms with Gasteiger partial charge in [-0.15, -0.1) is 0 Å². The summed E-state index contributed by atoms with van der Waals surface area (Å²) in [7, 11) is -4.31.